The average molecular weight is 519 g/mol. The maximum absolute atomic E-state index is 14.0. The SMILES string of the molecule is CCOCC1(C=O)[C@@H](CCc2cccc(Cl)c2)C(=O)N1[C@@](C)(O)N[C@@H](C1CCCCC1)C(F)(F)F. The maximum atomic E-state index is 14.0. The summed E-state index contributed by atoms with van der Waals surface area (Å²) in [6.07, 6.45) is -0.447. The number of amides is 1. The van der Waals surface area contributed by atoms with E-state index in [1.54, 1.807) is 25.1 Å². The highest BCUT2D eigenvalue weighted by Crippen LogP contribution is 2.45. The van der Waals surface area contributed by atoms with Gasteiger partial charge in [-0.2, -0.15) is 13.2 Å². The lowest BCUT2D eigenvalue weighted by atomic mass is 9.70. The Hall–Kier alpha value is -1.68. The molecule has 1 saturated carbocycles. The van der Waals surface area contributed by atoms with Crippen molar-refractivity contribution in [3.63, 3.8) is 0 Å². The Labute approximate surface area is 209 Å². The molecule has 0 bridgehead atoms. The molecule has 35 heavy (non-hydrogen) atoms. The normalized spacial score (nSPS) is 26.2. The number of nitrogens with zero attached hydrogens (tertiary/aromatic N) is 1. The smallest absolute Gasteiger partial charge is 0.379 e. The summed E-state index contributed by atoms with van der Waals surface area (Å²) in [4.78, 5) is 26.5. The van der Waals surface area contributed by atoms with E-state index < -0.39 is 41.3 Å². The van der Waals surface area contributed by atoms with E-state index >= 15 is 0 Å². The zero-order valence-corrected chi connectivity index (χ0v) is 20.9. The van der Waals surface area contributed by atoms with Gasteiger partial charge in [-0.25, -0.2) is 0 Å². The first-order valence-corrected chi connectivity index (χ1v) is 12.5. The summed E-state index contributed by atoms with van der Waals surface area (Å²) < 4.78 is 47.6. The van der Waals surface area contributed by atoms with E-state index in [1.807, 2.05) is 6.07 Å². The van der Waals surface area contributed by atoms with Gasteiger partial charge in [-0.15, -0.1) is 0 Å². The van der Waals surface area contributed by atoms with Crippen LogP contribution in [0.2, 0.25) is 5.02 Å². The van der Waals surface area contributed by atoms with Crippen LogP contribution in [0.4, 0.5) is 13.2 Å². The fourth-order valence-electron chi connectivity index (χ4n) is 5.55. The standard InChI is InChI=1S/C25H34ClF3N2O4/c1-3-35-16-24(15-32)20(13-12-17-8-7-11-19(26)14-17)22(33)31(24)23(2,34)30-21(25(27,28)29)18-9-5-4-6-10-18/h7-8,11,14-15,18,20-21,30,34H,3-6,9-10,12-13,16H2,1-2H3/t20-,21-,23-,24?/m0/s1. The topological polar surface area (TPSA) is 78.9 Å². The molecule has 2 fully saturated rings. The lowest BCUT2D eigenvalue weighted by Crippen LogP contribution is -2.83. The minimum atomic E-state index is -4.63. The zero-order chi connectivity index (χ0) is 25.9. The second kappa shape index (κ2) is 11.2. The van der Waals surface area contributed by atoms with Gasteiger partial charge in [0.25, 0.3) is 0 Å². The fraction of sp³-hybridized carbons (Fsp3) is 0.680. The number of hydrogen-bond acceptors (Lipinski definition) is 5. The zero-order valence-electron chi connectivity index (χ0n) is 20.1. The highest BCUT2D eigenvalue weighted by atomic mass is 35.5. The number of alkyl halides is 3. The number of nitrogens with one attached hydrogen (secondary N) is 1. The minimum absolute atomic E-state index is 0.225. The van der Waals surface area contributed by atoms with Gasteiger partial charge in [0.2, 0.25) is 5.91 Å². The molecule has 0 spiro atoms. The predicted octanol–water partition coefficient (Wildman–Crippen LogP) is 4.47. The first-order chi connectivity index (χ1) is 16.5. The van der Waals surface area contributed by atoms with Gasteiger partial charge >= 0.3 is 6.18 Å². The lowest BCUT2D eigenvalue weighted by Gasteiger charge is -2.60. The van der Waals surface area contributed by atoms with Gasteiger partial charge in [-0.3, -0.25) is 15.0 Å². The third-order valence-electron chi connectivity index (χ3n) is 7.23. The third-order valence-corrected chi connectivity index (χ3v) is 7.46. The Morgan fingerprint density at radius 3 is 2.57 bits per heavy atom. The van der Waals surface area contributed by atoms with Gasteiger partial charge in [0.15, 0.2) is 5.85 Å². The van der Waals surface area contributed by atoms with Crippen molar-refractivity contribution in [2.45, 2.75) is 82.4 Å². The number of aryl methyl sites for hydroxylation is 1. The van der Waals surface area contributed by atoms with Crippen LogP contribution >= 0.6 is 11.6 Å². The number of likely N-dealkylation sites (tertiary alicyclic amines) is 1. The molecule has 1 heterocycles. The summed E-state index contributed by atoms with van der Waals surface area (Å²) in [5, 5.41) is 14.1. The molecule has 1 amide bonds. The molecule has 1 aliphatic heterocycles. The number of β-lactam (4-membered cyclic amide) rings is 1. The summed E-state index contributed by atoms with van der Waals surface area (Å²) in [5.41, 5.74) is -0.732. The summed E-state index contributed by atoms with van der Waals surface area (Å²) in [6.45, 7) is 2.83. The number of carbonyl (C=O) groups is 2. The Morgan fingerprint density at radius 1 is 1.31 bits per heavy atom. The van der Waals surface area contributed by atoms with Gasteiger partial charge in [0, 0.05) is 11.6 Å². The van der Waals surface area contributed by atoms with E-state index in [1.165, 1.54) is 0 Å². The monoisotopic (exact) mass is 518 g/mol. The van der Waals surface area contributed by atoms with E-state index in [0.717, 1.165) is 23.8 Å². The van der Waals surface area contributed by atoms with E-state index in [0.29, 0.717) is 43.4 Å². The highest BCUT2D eigenvalue weighted by Gasteiger charge is 2.66. The molecule has 4 atom stereocenters. The maximum Gasteiger partial charge on any atom is 0.404 e. The lowest BCUT2D eigenvalue weighted by molar-refractivity contribution is -0.254. The molecule has 6 nitrogen and oxygen atoms in total. The highest BCUT2D eigenvalue weighted by molar-refractivity contribution is 6.30. The molecule has 1 aromatic carbocycles. The quantitative estimate of drug-likeness (QED) is 0.257. The van der Waals surface area contributed by atoms with Gasteiger partial charge in [-0.1, -0.05) is 43.0 Å². The van der Waals surface area contributed by atoms with Gasteiger partial charge in [0.05, 0.1) is 12.5 Å². The van der Waals surface area contributed by atoms with Crippen molar-refractivity contribution in [1.82, 2.24) is 10.2 Å². The van der Waals surface area contributed by atoms with E-state index in [9.17, 15) is 27.9 Å². The van der Waals surface area contributed by atoms with Crippen molar-refractivity contribution in [3.8, 4) is 0 Å². The summed E-state index contributed by atoms with van der Waals surface area (Å²) >= 11 is 6.04. The molecule has 2 aliphatic rings. The van der Waals surface area contributed by atoms with Crippen molar-refractivity contribution in [3.05, 3.63) is 34.9 Å². The van der Waals surface area contributed by atoms with Crippen molar-refractivity contribution >= 4 is 23.8 Å². The van der Waals surface area contributed by atoms with Crippen LogP contribution in [-0.2, 0) is 20.7 Å². The molecule has 196 valence electrons. The Balaban J connectivity index is 1.85. The van der Waals surface area contributed by atoms with Crippen LogP contribution in [0, 0.1) is 11.8 Å². The van der Waals surface area contributed by atoms with Crippen LogP contribution in [0.25, 0.3) is 0 Å². The number of carbonyl (C=O) groups excluding carboxylic acids is 2. The molecule has 2 N–H and O–H groups in total. The number of halogens is 4. The van der Waals surface area contributed by atoms with Crippen LogP contribution in [0.5, 0.6) is 0 Å². The van der Waals surface area contributed by atoms with Crippen molar-refractivity contribution < 1.29 is 32.6 Å². The summed E-state index contributed by atoms with van der Waals surface area (Å²) in [6, 6.07) is 5.08. The third kappa shape index (κ3) is 6.01. The van der Waals surface area contributed by atoms with Crippen LogP contribution in [0.3, 0.4) is 0 Å². The van der Waals surface area contributed by atoms with Crippen molar-refractivity contribution in [1.29, 1.82) is 0 Å². The molecule has 1 unspecified atom stereocenters. The number of hydrogen-bond donors (Lipinski definition) is 2. The van der Waals surface area contributed by atoms with E-state index in [2.05, 4.69) is 5.32 Å². The van der Waals surface area contributed by atoms with Gasteiger partial charge in [-0.05, 0) is 63.1 Å². The number of ether oxygens (including phenoxy) is 1. The van der Waals surface area contributed by atoms with Crippen molar-refractivity contribution in [2.24, 2.45) is 11.8 Å². The first-order valence-electron chi connectivity index (χ1n) is 12.2. The van der Waals surface area contributed by atoms with E-state index in [-0.39, 0.29) is 19.6 Å². The van der Waals surface area contributed by atoms with Gasteiger partial charge < -0.3 is 14.6 Å². The summed E-state index contributed by atoms with van der Waals surface area (Å²) in [5.74, 6) is -4.57. The first kappa shape index (κ1) is 27.9. The van der Waals surface area contributed by atoms with Gasteiger partial charge in [0.1, 0.15) is 17.9 Å². The number of aliphatic hydroxyl groups is 1. The Morgan fingerprint density at radius 2 is 2.00 bits per heavy atom. The fourth-order valence-corrected chi connectivity index (χ4v) is 5.77. The molecular weight excluding hydrogens is 485 g/mol. The largest absolute Gasteiger partial charge is 0.404 e. The van der Waals surface area contributed by atoms with Crippen molar-refractivity contribution in [2.75, 3.05) is 13.2 Å². The minimum Gasteiger partial charge on any atom is -0.379 e. The van der Waals surface area contributed by atoms with Crippen LogP contribution in [0.15, 0.2) is 24.3 Å². The predicted molar refractivity (Wildman–Crippen MR) is 126 cm³/mol. The Kier molecular flexibility index (Phi) is 8.89. The molecule has 10 heteroatoms. The van der Waals surface area contributed by atoms with Crippen LogP contribution in [-0.4, -0.2) is 59.0 Å². The molecule has 0 radical (unpaired) electrons. The molecule has 1 saturated heterocycles. The average Bonchev–Trinajstić information content (AvgIpc) is 2.80. The second-order valence-electron chi connectivity index (χ2n) is 9.72. The molecular formula is C25H34ClF3N2O4. The second-order valence-corrected chi connectivity index (χ2v) is 10.2. The van der Waals surface area contributed by atoms with Crippen LogP contribution < -0.4 is 5.32 Å². The van der Waals surface area contributed by atoms with E-state index in [4.69, 9.17) is 16.3 Å². The molecule has 0 aromatic heterocycles. The molecule has 3 rings (SSSR count). The molecule has 1 aliphatic carbocycles. The number of benzene rings is 1. The number of rotatable bonds is 11. The summed E-state index contributed by atoms with van der Waals surface area (Å²) in [7, 11) is 0. The Bertz CT molecular complexity index is 892. The molecule has 1 aromatic rings. The van der Waals surface area contributed by atoms with Crippen LogP contribution in [0.1, 0.15) is 57.9 Å². The number of aldehydes is 1.